The Balaban J connectivity index is 2.00. The first-order chi connectivity index (χ1) is 8.19. The van der Waals surface area contributed by atoms with E-state index in [1.807, 2.05) is 30.0 Å². The number of hydrogen-bond donors (Lipinski definition) is 1. The molecule has 0 saturated heterocycles. The van der Waals surface area contributed by atoms with E-state index in [-0.39, 0.29) is 0 Å². The molecule has 0 amide bonds. The maximum absolute atomic E-state index is 6.19. The quantitative estimate of drug-likeness (QED) is 0.845. The van der Waals surface area contributed by atoms with Crippen molar-refractivity contribution in [1.29, 1.82) is 0 Å². The van der Waals surface area contributed by atoms with Gasteiger partial charge in [0.25, 0.3) is 0 Å². The van der Waals surface area contributed by atoms with Crippen molar-refractivity contribution in [3.8, 4) is 0 Å². The van der Waals surface area contributed by atoms with Gasteiger partial charge in [0.1, 0.15) is 0 Å². The van der Waals surface area contributed by atoms with Crippen molar-refractivity contribution < 1.29 is 4.74 Å². The van der Waals surface area contributed by atoms with Crippen molar-refractivity contribution in [2.45, 2.75) is 41.9 Å². The Hall–Kier alpha value is -0.380. The van der Waals surface area contributed by atoms with Crippen molar-refractivity contribution in [3.05, 3.63) is 23.2 Å². The highest BCUT2D eigenvalue weighted by atomic mass is 35.5. The van der Waals surface area contributed by atoms with Crippen LogP contribution in [-0.2, 0) is 4.74 Å². The maximum Gasteiger partial charge on any atom is 0.0582 e. The predicted octanol–water partition coefficient (Wildman–Crippen LogP) is 3.97. The van der Waals surface area contributed by atoms with Gasteiger partial charge < -0.3 is 10.5 Å². The Kier molecular flexibility index (Phi) is 4.60. The second kappa shape index (κ2) is 5.98. The summed E-state index contributed by atoms with van der Waals surface area (Å²) in [6, 6.07) is 5.74. The Morgan fingerprint density at radius 1 is 1.41 bits per heavy atom. The minimum absolute atomic E-state index is 0.411. The third-order valence-corrected chi connectivity index (χ3v) is 4.96. The first kappa shape index (κ1) is 13.1. The Bertz CT molecular complexity index is 386. The molecule has 2 atom stereocenters. The second-order valence-corrected chi connectivity index (χ2v) is 6.20. The molecule has 2 N–H and O–H groups in total. The molecule has 1 aromatic rings. The SMILES string of the molecule is COC1CCCC(Sc2ccc(N)cc2Cl)C1. The van der Waals surface area contributed by atoms with Gasteiger partial charge in [0, 0.05) is 22.9 Å². The van der Waals surface area contributed by atoms with Gasteiger partial charge in [-0.1, -0.05) is 11.6 Å². The van der Waals surface area contributed by atoms with Crippen LogP contribution in [0.1, 0.15) is 25.7 Å². The highest BCUT2D eigenvalue weighted by molar-refractivity contribution is 8.00. The number of halogens is 1. The summed E-state index contributed by atoms with van der Waals surface area (Å²) in [4.78, 5) is 1.13. The number of benzene rings is 1. The fraction of sp³-hybridized carbons (Fsp3) is 0.538. The number of ether oxygens (including phenoxy) is 1. The van der Waals surface area contributed by atoms with E-state index in [0.29, 0.717) is 11.4 Å². The van der Waals surface area contributed by atoms with Crippen LogP contribution in [0.15, 0.2) is 23.1 Å². The fourth-order valence-electron chi connectivity index (χ4n) is 2.22. The first-order valence-electron chi connectivity index (χ1n) is 5.93. The van der Waals surface area contributed by atoms with E-state index in [1.165, 1.54) is 19.3 Å². The molecule has 1 aliphatic rings. The lowest BCUT2D eigenvalue weighted by molar-refractivity contribution is 0.0730. The summed E-state index contributed by atoms with van der Waals surface area (Å²) in [5, 5.41) is 1.37. The highest BCUT2D eigenvalue weighted by Gasteiger charge is 2.23. The molecule has 1 saturated carbocycles. The number of rotatable bonds is 3. The predicted molar refractivity (Wildman–Crippen MR) is 74.8 cm³/mol. The van der Waals surface area contributed by atoms with Gasteiger partial charge in [-0.05, 0) is 43.9 Å². The first-order valence-corrected chi connectivity index (χ1v) is 7.19. The molecule has 1 aromatic carbocycles. The highest BCUT2D eigenvalue weighted by Crippen LogP contribution is 2.38. The van der Waals surface area contributed by atoms with Crippen molar-refractivity contribution in [2.24, 2.45) is 0 Å². The van der Waals surface area contributed by atoms with Gasteiger partial charge >= 0.3 is 0 Å². The van der Waals surface area contributed by atoms with Gasteiger partial charge in [-0.15, -0.1) is 11.8 Å². The summed E-state index contributed by atoms with van der Waals surface area (Å²) in [5.74, 6) is 0. The molecule has 2 nitrogen and oxygen atoms in total. The summed E-state index contributed by atoms with van der Waals surface area (Å²) in [7, 11) is 1.80. The Morgan fingerprint density at radius 2 is 2.24 bits per heavy atom. The summed E-state index contributed by atoms with van der Waals surface area (Å²) >= 11 is 8.04. The zero-order chi connectivity index (χ0) is 12.3. The van der Waals surface area contributed by atoms with Crippen LogP contribution in [0.2, 0.25) is 5.02 Å². The number of anilines is 1. The Morgan fingerprint density at radius 3 is 2.94 bits per heavy atom. The molecule has 0 aromatic heterocycles. The second-order valence-electron chi connectivity index (χ2n) is 4.45. The number of hydrogen-bond acceptors (Lipinski definition) is 3. The molecule has 4 heteroatoms. The van der Waals surface area contributed by atoms with E-state index < -0.39 is 0 Å². The molecule has 0 spiro atoms. The molecule has 94 valence electrons. The van der Waals surface area contributed by atoms with Crippen LogP contribution in [0, 0.1) is 0 Å². The minimum atomic E-state index is 0.411. The molecule has 0 aliphatic heterocycles. The normalized spacial score (nSPS) is 24.8. The third-order valence-electron chi connectivity index (χ3n) is 3.16. The molecule has 17 heavy (non-hydrogen) atoms. The fourth-order valence-corrected chi connectivity index (χ4v) is 3.81. The van der Waals surface area contributed by atoms with Crippen LogP contribution >= 0.6 is 23.4 Å². The topological polar surface area (TPSA) is 35.2 Å². The van der Waals surface area contributed by atoms with Gasteiger partial charge in [-0.2, -0.15) is 0 Å². The molecular weight excluding hydrogens is 254 g/mol. The van der Waals surface area contributed by atoms with Gasteiger partial charge in [-0.3, -0.25) is 0 Å². The largest absolute Gasteiger partial charge is 0.399 e. The Labute approximate surface area is 112 Å². The number of thioether (sulfide) groups is 1. The smallest absolute Gasteiger partial charge is 0.0582 e. The van der Waals surface area contributed by atoms with Crippen LogP contribution < -0.4 is 5.73 Å². The van der Waals surface area contributed by atoms with Crippen LogP contribution in [-0.4, -0.2) is 18.5 Å². The lowest BCUT2D eigenvalue weighted by Gasteiger charge is -2.27. The van der Waals surface area contributed by atoms with Crippen LogP contribution in [0.3, 0.4) is 0 Å². The molecule has 1 fully saturated rings. The van der Waals surface area contributed by atoms with E-state index in [1.54, 1.807) is 7.11 Å². The standard InChI is InChI=1S/C13H18ClNOS/c1-16-10-3-2-4-11(8-10)17-13-6-5-9(15)7-12(13)14/h5-7,10-11H,2-4,8,15H2,1H3. The lowest BCUT2D eigenvalue weighted by atomic mass is 9.97. The molecule has 0 bridgehead atoms. The summed E-state index contributed by atoms with van der Waals surface area (Å²) in [6.07, 6.45) is 5.19. The molecule has 1 aliphatic carbocycles. The lowest BCUT2D eigenvalue weighted by Crippen LogP contribution is -2.23. The zero-order valence-corrected chi connectivity index (χ0v) is 11.6. The average Bonchev–Trinajstić information content (AvgIpc) is 2.33. The number of nitrogen functional groups attached to an aromatic ring is 1. The molecule has 2 unspecified atom stereocenters. The van der Waals surface area contributed by atoms with E-state index in [2.05, 4.69) is 0 Å². The molecule has 0 heterocycles. The number of nitrogens with two attached hydrogens (primary N) is 1. The van der Waals surface area contributed by atoms with E-state index in [9.17, 15) is 0 Å². The zero-order valence-electron chi connectivity index (χ0n) is 9.99. The summed E-state index contributed by atoms with van der Waals surface area (Å²) < 4.78 is 5.44. The van der Waals surface area contributed by atoms with E-state index in [0.717, 1.165) is 22.0 Å². The molecule has 2 rings (SSSR count). The van der Waals surface area contributed by atoms with Gasteiger partial charge in [0.05, 0.1) is 11.1 Å². The van der Waals surface area contributed by atoms with Crippen molar-refractivity contribution in [3.63, 3.8) is 0 Å². The van der Waals surface area contributed by atoms with Crippen LogP contribution in [0.25, 0.3) is 0 Å². The van der Waals surface area contributed by atoms with Gasteiger partial charge in [0.2, 0.25) is 0 Å². The molecule has 0 radical (unpaired) electrons. The minimum Gasteiger partial charge on any atom is -0.399 e. The third kappa shape index (κ3) is 3.54. The molecular formula is C13H18ClNOS. The summed E-state index contributed by atoms with van der Waals surface area (Å²) in [5.41, 5.74) is 6.41. The monoisotopic (exact) mass is 271 g/mol. The van der Waals surface area contributed by atoms with Crippen molar-refractivity contribution in [1.82, 2.24) is 0 Å². The number of methoxy groups -OCH3 is 1. The van der Waals surface area contributed by atoms with Gasteiger partial charge in [-0.25, -0.2) is 0 Å². The van der Waals surface area contributed by atoms with E-state index >= 15 is 0 Å². The average molecular weight is 272 g/mol. The van der Waals surface area contributed by atoms with Crippen LogP contribution in [0.4, 0.5) is 5.69 Å². The van der Waals surface area contributed by atoms with Crippen LogP contribution in [0.5, 0.6) is 0 Å². The summed E-state index contributed by atoms with van der Waals surface area (Å²) in [6.45, 7) is 0. The maximum atomic E-state index is 6.19. The van der Waals surface area contributed by atoms with E-state index in [4.69, 9.17) is 22.1 Å². The van der Waals surface area contributed by atoms with Crippen molar-refractivity contribution >= 4 is 29.1 Å². The van der Waals surface area contributed by atoms with Gasteiger partial charge in [0.15, 0.2) is 0 Å². The van der Waals surface area contributed by atoms with Crippen molar-refractivity contribution in [2.75, 3.05) is 12.8 Å².